The number of amides is 1. The number of carbonyl (C=O) groups excluding carboxylic acids is 1. The standard InChI is InChI=1S/C20H19N3O5S/c1-27-15-7-14(8-16(9-15)28-2)19(24)23(10-13-3-5-21-6-4-13)11-18-22-17(12-29-18)20(25)26/h3-9,12H,10-11H2,1-2H3,(H,25,26). The zero-order chi connectivity index (χ0) is 20.8. The Labute approximate surface area is 171 Å². The molecule has 0 aliphatic carbocycles. The number of hydrogen-bond donors (Lipinski definition) is 1. The summed E-state index contributed by atoms with van der Waals surface area (Å²) in [6.45, 7) is 0.474. The molecule has 0 aliphatic rings. The minimum Gasteiger partial charge on any atom is -0.497 e. The molecule has 0 atom stereocenters. The van der Waals surface area contributed by atoms with Gasteiger partial charge in [0.15, 0.2) is 5.69 Å². The quantitative estimate of drug-likeness (QED) is 0.605. The smallest absolute Gasteiger partial charge is 0.355 e. The van der Waals surface area contributed by atoms with Crippen LogP contribution in [0.5, 0.6) is 11.5 Å². The number of carboxylic acids is 1. The van der Waals surface area contributed by atoms with Gasteiger partial charge < -0.3 is 19.5 Å². The predicted molar refractivity (Wildman–Crippen MR) is 106 cm³/mol. The van der Waals surface area contributed by atoms with Crippen LogP contribution in [0.4, 0.5) is 0 Å². The Morgan fingerprint density at radius 1 is 1.07 bits per heavy atom. The van der Waals surface area contributed by atoms with E-state index in [-0.39, 0.29) is 18.1 Å². The van der Waals surface area contributed by atoms with Crippen LogP contribution >= 0.6 is 11.3 Å². The highest BCUT2D eigenvalue weighted by Crippen LogP contribution is 2.25. The third-order valence-electron chi connectivity index (χ3n) is 4.11. The number of benzene rings is 1. The second-order valence-corrected chi connectivity index (χ2v) is 6.99. The van der Waals surface area contributed by atoms with Crippen molar-refractivity contribution < 1.29 is 24.2 Å². The molecule has 0 fully saturated rings. The zero-order valence-corrected chi connectivity index (χ0v) is 16.7. The zero-order valence-electron chi connectivity index (χ0n) is 15.9. The number of carbonyl (C=O) groups is 2. The molecular weight excluding hydrogens is 394 g/mol. The van der Waals surface area contributed by atoms with E-state index in [1.165, 1.54) is 30.9 Å². The van der Waals surface area contributed by atoms with E-state index in [9.17, 15) is 9.59 Å². The molecule has 3 aromatic rings. The van der Waals surface area contributed by atoms with Crippen LogP contribution in [-0.4, -0.2) is 46.1 Å². The second-order valence-electron chi connectivity index (χ2n) is 6.05. The van der Waals surface area contributed by atoms with Gasteiger partial charge in [0.1, 0.15) is 16.5 Å². The highest BCUT2D eigenvalue weighted by molar-refractivity contribution is 7.09. The normalized spacial score (nSPS) is 10.4. The largest absolute Gasteiger partial charge is 0.497 e. The van der Waals surface area contributed by atoms with Crippen molar-refractivity contribution in [2.24, 2.45) is 0 Å². The topological polar surface area (TPSA) is 102 Å². The molecule has 3 rings (SSSR count). The summed E-state index contributed by atoms with van der Waals surface area (Å²) in [5.41, 5.74) is 1.24. The molecule has 1 aromatic carbocycles. The number of pyridine rings is 1. The molecule has 8 nitrogen and oxygen atoms in total. The molecular formula is C20H19N3O5S. The molecule has 29 heavy (non-hydrogen) atoms. The molecule has 0 saturated heterocycles. The van der Waals surface area contributed by atoms with Crippen molar-refractivity contribution in [3.05, 3.63) is 69.9 Å². The molecule has 150 valence electrons. The summed E-state index contributed by atoms with van der Waals surface area (Å²) in [5.74, 6) is -0.360. The van der Waals surface area contributed by atoms with Gasteiger partial charge in [-0.15, -0.1) is 11.3 Å². The van der Waals surface area contributed by atoms with Crippen LogP contribution in [0.15, 0.2) is 48.1 Å². The molecule has 0 bridgehead atoms. The van der Waals surface area contributed by atoms with E-state index < -0.39 is 5.97 Å². The molecule has 0 aliphatic heterocycles. The van der Waals surface area contributed by atoms with Crippen molar-refractivity contribution in [3.8, 4) is 11.5 Å². The Morgan fingerprint density at radius 2 is 1.72 bits per heavy atom. The molecule has 9 heteroatoms. The Kier molecular flexibility index (Phi) is 6.40. The third-order valence-corrected chi connectivity index (χ3v) is 4.94. The molecule has 2 aromatic heterocycles. The maximum absolute atomic E-state index is 13.3. The number of carboxylic acid groups (broad SMARTS) is 1. The number of aromatic carboxylic acids is 1. The minimum absolute atomic E-state index is 0.0376. The van der Waals surface area contributed by atoms with Crippen LogP contribution in [0.1, 0.15) is 31.4 Å². The van der Waals surface area contributed by atoms with Gasteiger partial charge in [0, 0.05) is 35.9 Å². The Morgan fingerprint density at radius 3 is 2.28 bits per heavy atom. The van der Waals surface area contributed by atoms with E-state index in [1.807, 2.05) is 12.1 Å². The molecule has 1 N–H and O–H groups in total. The SMILES string of the molecule is COc1cc(OC)cc(C(=O)N(Cc2ccncc2)Cc2nc(C(=O)O)cs2)c1. The van der Waals surface area contributed by atoms with Crippen LogP contribution in [0.3, 0.4) is 0 Å². The Balaban J connectivity index is 1.92. The maximum atomic E-state index is 13.3. The Bertz CT molecular complexity index is 984. The molecule has 0 radical (unpaired) electrons. The van der Waals surface area contributed by atoms with Gasteiger partial charge in [-0.3, -0.25) is 9.78 Å². The average molecular weight is 413 g/mol. The summed E-state index contributed by atoms with van der Waals surface area (Å²) in [7, 11) is 3.03. The molecule has 1 amide bonds. The number of methoxy groups -OCH3 is 2. The van der Waals surface area contributed by atoms with E-state index in [2.05, 4.69) is 9.97 Å². The lowest BCUT2D eigenvalue weighted by Crippen LogP contribution is -2.30. The number of nitrogens with zero attached hydrogens (tertiary/aromatic N) is 3. The number of hydrogen-bond acceptors (Lipinski definition) is 7. The van der Waals surface area contributed by atoms with Crippen molar-refractivity contribution in [1.82, 2.24) is 14.9 Å². The van der Waals surface area contributed by atoms with Crippen molar-refractivity contribution in [3.63, 3.8) is 0 Å². The first-order valence-electron chi connectivity index (χ1n) is 8.59. The van der Waals surface area contributed by atoms with Crippen LogP contribution in [0.2, 0.25) is 0 Å². The summed E-state index contributed by atoms with van der Waals surface area (Å²) in [6, 6.07) is 8.59. The average Bonchev–Trinajstić information content (AvgIpc) is 3.22. The summed E-state index contributed by atoms with van der Waals surface area (Å²) in [5, 5.41) is 11.1. The Hall–Kier alpha value is -3.46. The highest BCUT2D eigenvalue weighted by atomic mass is 32.1. The number of rotatable bonds is 8. The van der Waals surface area contributed by atoms with Crippen molar-refractivity contribution in [2.45, 2.75) is 13.1 Å². The summed E-state index contributed by atoms with van der Waals surface area (Å²) in [6.07, 6.45) is 3.30. The van der Waals surface area contributed by atoms with Crippen molar-refractivity contribution in [1.29, 1.82) is 0 Å². The maximum Gasteiger partial charge on any atom is 0.355 e. The first kappa shape index (κ1) is 20.3. The van der Waals surface area contributed by atoms with Gasteiger partial charge in [0.25, 0.3) is 5.91 Å². The monoisotopic (exact) mass is 413 g/mol. The predicted octanol–water partition coefficient (Wildman–Crippen LogP) is 3.10. The van der Waals surface area contributed by atoms with Crippen LogP contribution in [0.25, 0.3) is 0 Å². The van der Waals surface area contributed by atoms with Gasteiger partial charge in [-0.25, -0.2) is 9.78 Å². The molecule has 0 unspecified atom stereocenters. The van der Waals surface area contributed by atoms with Gasteiger partial charge in [0.2, 0.25) is 0 Å². The summed E-state index contributed by atoms with van der Waals surface area (Å²) in [4.78, 5) is 34.1. The van der Waals surface area contributed by atoms with E-state index in [0.717, 1.165) is 5.56 Å². The van der Waals surface area contributed by atoms with Crippen LogP contribution < -0.4 is 9.47 Å². The van der Waals surface area contributed by atoms with E-state index >= 15 is 0 Å². The van der Waals surface area contributed by atoms with Gasteiger partial charge in [-0.2, -0.15) is 0 Å². The summed E-state index contributed by atoms with van der Waals surface area (Å²) < 4.78 is 10.5. The van der Waals surface area contributed by atoms with Crippen molar-refractivity contribution >= 4 is 23.2 Å². The lowest BCUT2D eigenvalue weighted by atomic mass is 10.1. The summed E-state index contributed by atoms with van der Waals surface area (Å²) >= 11 is 1.20. The van der Waals surface area contributed by atoms with Crippen molar-refractivity contribution in [2.75, 3.05) is 14.2 Å². The first-order valence-corrected chi connectivity index (χ1v) is 9.47. The highest BCUT2D eigenvalue weighted by Gasteiger charge is 2.21. The van der Waals surface area contributed by atoms with Gasteiger partial charge in [-0.05, 0) is 29.8 Å². The number of aromatic nitrogens is 2. The lowest BCUT2D eigenvalue weighted by molar-refractivity contribution is 0.0691. The number of thiazole rings is 1. The van der Waals surface area contributed by atoms with E-state index in [4.69, 9.17) is 14.6 Å². The molecule has 0 saturated carbocycles. The van der Waals surface area contributed by atoms with Gasteiger partial charge in [0.05, 0.1) is 20.8 Å². The second kappa shape index (κ2) is 9.16. The lowest BCUT2D eigenvalue weighted by Gasteiger charge is -2.22. The van der Waals surface area contributed by atoms with E-state index in [0.29, 0.717) is 28.6 Å². The molecule has 2 heterocycles. The van der Waals surface area contributed by atoms with Crippen LogP contribution in [-0.2, 0) is 13.1 Å². The fraction of sp³-hybridized carbons (Fsp3) is 0.200. The van der Waals surface area contributed by atoms with Crippen LogP contribution in [0, 0.1) is 0 Å². The third kappa shape index (κ3) is 5.08. The van der Waals surface area contributed by atoms with E-state index in [1.54, 1.807) is 35.5 Å². The fourth-order valence-corrected chi connectivity index (χ4v) is 3.45. The number of ether oxygens (including phenoxy) is 2. The first-order chi connectivity index (χ1) is 14.0. The fourth-order valence-electron chi connectivity index (χ4n) is 2.67. The van der Waals surface area contributed by atoms with Gasteiger partial charge in [-0.1, -0.05) is 0 Å². The molecule has 0 spiro atoms. The minimum atomic E-state index is -1.10. The van der Waals surface area contributed by atoms with Gasteiger partial charge >= 0.3 is 5.97 Å².